The first-order valence-electron chi connectivity index (χ1n) is 43.0. The van der Waals surface area contributed by atoms with Crippen molar-refractivity contribution >= 4 is 104 Å². The quantitative estimate of drug-likeness (QED) is 0.0114. The molecule has 0 aliphatic carbocycles. The van der Waals surface area contributed by atoms with Crippen molar-refractivity contribution in [2.75, 3.05) is 58.0 Å². The van der Waals surface area contributed by atoms with Crippen LogP contribution in [-0.4, -0.2) is 180 Å². The minimum Gasteiger partial charge on any atom is -0.493 e. The Bertz CT molecular complexity index is 5180. The number of thioether (sulfide) groups is 2. The number of aromatic nitrogens is 2. The molecule has 0 bridgehead atoms. The Morgan fingerprint density at radius 3 is 1.39 bits per heavy atom. The van der Waals surface area contributed by atoms with Crippen LogP contribution in [0.4, 0.5) is 16.0 Å². The van der Waals surface area contributed by atoms with E-state index in [2.05, 4.69) is 66.4 Å². The van der Waals surface area contributed by atoms with Crippen LogP contribution in [0.15, 0.2) is 122 Å². The highest BCUT2D eigenvalue weighted by Crippen LogP contribution is 2.44. The van der Waals surface area contributed by atoms with Gasteiger partial charge in [-0.05, 0) is 189 Å². The molecule has 9 amide bonds. The number of likely N-dealkylation sites (tertiary alicyclic amines) is 1. The number of halogens is 1. The molecule has 2 aromatic heterocycles. The summed E-state index contributed by atoms with van der Waals surface area (Å²) in [5, 5.41) is 43.8. The van der Waals surface area contributed by atoms with Gasteiger partial charge < -0.3 is 66.6 Å². The number of aliphatic carboxylic acids is 1. The maximum absolute atomic E-state index is 13.3. The first-order valence-corrected chi connectivity index (χ1v) is 44.0. The second kappa shape index (κ2) is 45.9. The van der Waals surface area contributed by atoms with Gasteiger partial charge in [-0.15, -0.1) is 0 Å². The standard InChI is InChI=1S/C46H52N6O8S.C25H30N4O2S.C21H24N2O7.CH3F.CH4/c1-46(2,58)20-17-29-10-8-11-30(24-29)28-60-36-25-32(26-48-41(36)47)37-27-49-43(61-37)31-18-21-51(22-19-31)39(54)14-6-4-3-5-7-23-59-35-13-9-12-33-40(35)45(57)52(44(33)56)34-15-16-38(53)50-42(34)55;1-25(2,30)9-6-17-4-3-5-18(12-17)16-31-21-13-20(14-28-23(21)26)22-15-29-24(32-22)19-7-10-27-11-8-19;24-16-11-10-14(19(27)22-16)23-20(28)13-7-6-8-15(18(13)21(23)29)30-12-5-3-1-2-4-9-17(25)26;1-2;/h8-13,24-27,31,34,43,49,58H,3-7,14-16,18-19,21-23,28H2,1-2H3,(H2,47,48)(H,50,53,55);3-5,12-15,19,24,27,29-30H,7-8,10-11,16H2,1-2H3,(H2,26,28);6-8,14H,1-5,9-12H2,(H,25,26)(H,22,24,27);1H3;1H4/i;;;1D;. The number of rotatable bonds is 30. The van der Waals surface area contributed by atoms with Crippen LogP contribution in [0.3, 0.4) is 0 Å². The van der Waals surface area contributed by atoms with Gasteiger partial charge in [-0.25, -0.2) is 9.97 Å². The predicted octanol–water partition coefficient (Wildman–Crippen LogP) is 11.8. The molecule has 126 heavy (non-hydrogen) atoms. The summed E-state index contributed by atoms with van der Waals surface area (Å²) < 4.78 is 39.3. The fourth-order valence-electron chi connectivity index (χ4n) is 15.3. The lowest BCUT2D eigenvalue weighted by molar-refractivity contribution is -0.138. The third-order valence-corrected chi connectivity index (χ3v) is 24.6. The average Bonchev–Trinajstić information content (AvgIpc) is 1.61. The van der Waals surface area contributed by atoms with E-state index in [1.165, 1.54) is 18.9 Å². The van der Waals surface area contributed by atoms with Crippen molar-refractivity contribution in [2.24, 2.45) is 11.8 Å². The maximum Gasteiger partial charge on any atom is 0.303 e. The number of nitrogens with one attached hydrogen (secondary N) is 5. The summed E-state index contributed by atoms with van der Waals surface area (Å²) in [6.45, 7) is 11.6. The number of unbranched alkanes of at least 4 members (excludes halogenated alkanes) is 8. The summed E-state index contributed by atoms with van der Waals surface area (Å²) in [6.07, 6.45) is 21.2. The summed E-state index contributed by atoms with van der Waals surface area (Å²) in [6, 6.07) is 26.9. The van der Waals surface area contributed by atoms with Crippen molar-refractivity contribution in [3.05, 3.63) is 177 Å². The van der Waals surface area contributed by atoms with Crippen LogP contribution in [0.2, 0.25) is 0 Å². The van der Waals surface area contributed by atoms with Crippen LogP contribution in [0.1, 0.15) is 240 Å². The molecule has 0 radical (unpaired) electrons. The van der Waals surface area contributed by atoms with Gasteiger partial charge in [0.1, 0.15) is 48.0 Å². The molecule has 4 saturated heterocycles. The van der Waals surface area contributed by atoms with E-state index in [1.54, 1.807) is 82.2 Å². The lowest BCUT2D eigenvalue weighted by atomic mass is 9.96. The molecule has 0 saturated carbocycles. The van der Waals surface area contributed by atoms with Crippen LogP contribution in [0.25, 0.3) is 9.81 Å². The number of amides is 9. The summed E-state index contributed by atoms with van der Waals surface area (Å²) in [5.74, 6) is 10.1. The summed E-state index contributed by atoms with van der Waals surface area (Å²) >= 11 is 3.62. The molecule has 4 atom stereocenters. The van der Waals surface area contributed by atoms with Crippen molar-refractivity contribution in [3.8, 4) is 46.7 Å². The Labute approximate surface area is 744 Å². The Morgan fingerprint density at radius 1 is 0.548 bits per heavy atom. The molecular weight excluding hydrogens is 1650 g/mol. The number of carbonyl (C=O) groups excluding carboxylic acids is 9. The number of piperidine rings is 4. The number of hydrogen-bond donors (Lipinski definition) is 10. The first kappa shape index (κ1) is 94.9. The topological polar surface area (TPSA) is 416 Å². The van der Waals surface area contributed by atoms with Crippen LogP contribution in [-0.2, 0) is 42.0 Å². The van der Waals surface area contributed by atoms with E-state index < -0.39 is 83.7 Å². The largest absolute Gasteiger partial charge is 0.493 e. The van der Waals surface area contributed by atoms with Crippen LogP contribution in [0, 0.1) is 35.5 Å². The number of alkyl halides is 1. The van der Waals surface area contributed by atoms with Crippen molar-refractivity contribution in [3.63, 3.8) is 0 Å². The number of benzene rings is 4. The Morgan fingerprint density at radius 2 is 0.960 bits per heavy atom. The number of carboxylic acids is 1. The molecule has 8 aliphatic rings. The first-order chi connectivity index (χ1) is 60.5. The Hall–Kier alpha value is -11.8. The predicted molar refractivity (Wildman–Crippen MR) is 479 cm³/mol. The molecule has 670 valence electrons. The van der Waals surface area contributed by atoms with Gasteiger partial charge in [0.25, 0.3) is 23.6 Å². The molecule has 12 N–H and O–H groups in total. The fraction of sp³-hybridized carbons (Fsp3) is 0.447. The molecule has 29 nitrogen and oxygen atoms in total. The number of carbonyl (C=O) groups is 10. The third-order valence-electron chi connectivity index (χ3n) is 21.8. The van der Waals surface area contributed by atoms with Gasteiger partial charge >= 0.3 is 5.97 Å². The number of fused-ring (bicyclic) bond motifs is 2. The van der Waals surface area contributed by atoms with Gasteiger partial charge in [-0.1, -0.05) is 130 Å². The van der Waals surface area contributed by atoms with E-state index in [0.29, 0.717) is 91.1 Å². The molecule has 4 unspecified atom stereocenters. The smallest absolute Gasteiger partial charge is 0.303 e. The number of aliphatic hydroxyl groups is 2. The minimum absolute atomic E-state index is 0. The SMILES string of the molecule is C.CC(C)(O)C#Cc1cccc(COc2cc(C3=CNC(C4CCN(C(=O)CCCCCCCOc5cccc6c5C(=O)N(C5CCC(=O)NC5=O)C6=O)CC4)S3)cnc2N)c1.CC(C)(O)C#Cc1cccc(COc2cc(C3=CNC(C4CCNCC4)S3)cnc2N)c1.O=C(O)CCCCCCCOc1cccc2c1C(=O)N(C1CCC(=O)NC1=O)C2=O.[2H]CF. The van der Waals surface area contributed by atoms with E-state index in [9.17, 15) is 62.5 Å². The molecule has 14 rings (SSSR count). The molecular formula is C94H113FN12O17S2. The zero-order chi connectivity index (χ0) is 90.0. The van der Waals surface area contributed by atoms with E-state index in [-0.39, 0.29) is 73.1 Å². The highest BCUT2D eigenvalue weighted by atomic mass is 32.2. The van der Waals surface area contributed by atoms with E-state index in [1.807, 2.05) is 83.5 Å². The lowest BCUT2D eigenvalue weighted by Crippen LogP contribution is -2.54. The summed E-state index contributed by atoms with van der Waals surface area (Å²) in [5.41, 5.74) is 16.3. The van der Waals surface area contributed by atoms with E-state index in [0.717, 1.165) is 150 Å². The van der Waals surface area contributed by atoms with Crippen LogP contribution in [0.5, 0.6) is 23.0 Å². The number of imide groups is 4. The van der Waals surface area contributed by atoms with Crippen LogP contribution >= 0.6 is 23.5 Å². The minimum atomic E-state index is -1.08. The number of pyridine rings is 2. The van der Waals surface area contributed by atoms with E-state index >= 15 is 0 Å². The molecule has 10 heterocycles. The molecule has 0 spiro atoms. The van der Waals surface area contributed by atoms with Gasteiger partial charge in [-0.3, -0.25) is 72.8 Å². The Kier molecular flexibility index (Phi) is 34.6. The number of anilines is 2. The number of nitrogens with zero attached hydrogens (tertiary/aromatic N) is 5. The van der Waals surface area contributed by atoms with Crippen molar-refractivity contribution in [2.45, 2.75) is 211 Å². The zero-order valence-corrected chi connectivity index (χ0v) is 72.3. The van der Waals surface area contributed by atoms with Gasteiger partial charge in [-0.2, -0.15) is 0 Å². The maximum atomic E-state index is 13.3. The van der Waals surface area contributed by atoms with Crippen molar-refractivity contribution in [1.82, 2.24) is 51.3 Å². The molecule has 8 aliphatic heterocycles. The Balaban J connectivity index is 0.000000214. The second-order valence-corrected chi connectivity index (χ2v) is 34.8. The van der Waals surface area contributed by atoms with Gasteiger partial charge in [0.2, 0.25) is 29.5 Å². The number of ether oxygens (including phenoxy) is 4. The summed E-state index contributed by atoms with van der Waals surface area (Å²) in [7, 11) is -1.00. The molecule has 32 heteroatoms. The van der Waals surface area contributed by atoms with Crippen LogP contribution < -0.4 is 57.0 Å². The number of hydrogen-bond acceptors (Lipinski definition) is 25. The van der Waals surface area contributed by atoms with Crippen molar-refractivity contribution < 1.29 is 88.0 Å². The third kappa shape index (κ3) is 26.6. The van der Waals surface area contributed by atoms with Gasteiger partial charge in [0.05, 0.1) is 54.7 Å². The molecule has 4 fully saturated rings. The summed E-state index contributed by atoms with van der Waals surface area (Å²) in [4.78, 5) is 138. The van der Waals surface area contributed by atoms with Gasteiger partial charge in [0, 0.05) is 95.6 Å². The highest BCUT2D eigenvalue weighted by Gasteiger charge is 2.48. The van der Waals surface area contributed by atoms with Crippen molar-refractivity contribution in [1.29, 1.82) is 0 Å². The monoisotopic (exact) mass is 1770 g/mol. The number of nitrogen functional groups attached to an aromatic ring is 2. The number of carboxylic acid groups (broad SMARTS) is 1. The normalized spacial score (nSPS) is 18.6. The fourth-order valence-corrected chi connectivity index (χ4v) is 17.8. The lowest BCUT2D eigenvalue weighted by Gasteiger charge is -2.34. The van der Waals surface area contributed by atoms with Gasteiger partial charge in [0.15, 0.2) is 23.1 Å². The zero-order valence-electron chi connectivity index (χ0n) is 71.7. The highest BCUT2D eigenvalue weighted by molar-refractivity contribution is 8.09. The molecule has 4 aromatic carbocycles. The van der Waals surface area contributed by atoms with E-state index in [4.69, 9.17) is 36.9 Å². The number of nitrogens with two attached hydrogens (primary N) is 2. The molecule has 6 aromatic rings. The second-order valence-electron chi connectivity index (χ2n) is 32.4. The average molecular weight is 1770 g/mol.